The van der Waals surface area contributed by atoms with Crippen LogP contribution in [0, 0.1) is 0 Å². The fourth-order valence-electron chi connectivity index (χ4n) is 2.23. The quantitative estimate of drug-likeness (QED) is 0.806. The Morgan fingerprint density at radius 1 is 1.44 bits per heavy atom. The van der Waals surface area contributed by atoms with Crippen LogP contribution in [-0.2, 0) is 16.1 Å². The molecule has 2 aliphatic rings. The van der Waals surface area contributed by atoms with Crippen molar-refractivity contribution in [2.75, 3.05) is 26.2 Å². The summed E-state index contributed by atoms with van der Waals surface area (Å²) >= 11 is 0. The number of hydrogen-bond acceptors (Lipinski definition) is 4. The summed E-state index contributed by atoms with van der Waals surface area (Å²) in [7, 11) is 0. The fourth-order valence-corrected chi connectivity index (χ4v) is 2.23. The molecule has 1 aromatic rings. The number of rotatable bonds is 4. The lowest BCUT2D eigenvalue weighted by atomic mass is 10.2. The van der Waals surface area contributed by atoms with Crippen LogP contribution in [0.5, 0.6) is 0 Å². The van der Waals surface area contributed by atoms with Crippen molar-refractivity contribution in [3.8, 4) is 0 Å². The highest BCUT2D eigenvalue weighted by molar-refractivity contribution is 5.67. The first-order valence-electron chi connectivity index (χ1n) is 6.12. The van der Waals surface area contributed by atoms with Crippen LogP contribution in [0.4, 0.5) is 4.79 Å². The summed E-state index contributed by atoms with van der Waals surface area (Å²) in [6.07, 6.45) is -0.393. The largest absolute Gasteiger partial charge is 0.445 e. The van der Waals surface area contributed by atoms with Gasteiger partial charge in [-0.05, 0) is 5.56 Å². The molecule has 96 valence electrons. The van der Waals surface area contributed by atoms with Crippen molar-refractivity contribution in [1.82, 2.24) is 10.2 Å². The number of benzene rings is 1. The standard InChI is InChI=1S/C13H16N2O3/c16-12(17-8-11-4-2-1-3-5-11)14-9-13-10-15(13)6-7-18-13/h1-5H,6-10H2,(H,14,16). The Morgan fingerprint density at radius 2 is 2.28 bits per heavy atom. The van der Waals surface area contributed by atoms with Gasteiger partial charge in [0.05, 0.1) is 13.2 Å². The molecule has 5 heteroatoms. The highest BCUT2D eigenvalue weighted by Crippen LogP contribution is 2.37. The van der Waals surface area contributed by atoms with Crippen LogP contribution in [-0.4, -0.2) is 43.0 Å². The summed E-state index contributed by atoms with van der Waals surface area (Å²) in [6.45, 7) is 3.41. The van der Waals surface area contributed by atoms with Crippen LogP contribution in [0.3, 0.4) is 0 Å². The molecule has 0 aliphatic carbocycles. The van der Waals surface area contributed by atoms with Gasteiger partial charge in [-0.2, -0.15) is 0 Å². The number of fused-ring (bicyclic) bond motifs is 1. The molecule has 2 aliphatic heterocycles. The first-order chi connectivity index (χ1) is 8.78. The van der Waals surface area contributed by atoms with Crippen molar-refractivity contribution in [2.45, 2.75) is 12.3 Å². The molecule has 1 aromatic carbocycles. The summed E-state index contributed by atoms with van der Waals surface area (Å²) in [4.78, 5) is 13.7. The van der Waals surface area contributed by atoms with Gasteiger partial charge in [-0.25, -0.2) is 4.79 Å². The number of nitrogens with one attached hydrogen (secondary N) is 1. The number of carbonyl (C=O) groups excluding carboxylic acids is 1. The van der Waals surface area contributed by atoms with Gasteiger partial charge in [0, 0.05) is 13.1 Å². The lowest BCUT2D eigenvalue weighted by Gasteiger charge is -2.12. The third kappa shape index (κ3) is 2.32. The first-order valence-corrected chi connectivity index (χ1v) is 6.12. The van der Waals surface area contributed by atoms with Crippen molar-refractivity contribution >= 4 is 6.09 Å². The molecule has 0 spiro atoms. The molecular weight excluding hydrogens is 232 g/mol. The first kappa shape index (κ1) is 11.5. The van der Waals surface area contributed by atoms with E-state index in [0.717, 1.165) is 25.3 Å². The summed E-state index contributed by atoms with van der Waals surface area (Å²) in [6, 6.07) is 9.62. The van der Waals surface area contributed by atoms with E-state index in [1.165, 1.54) is 0 Å². The second-order valence-corrected chi connectivity index (χ2v) is 4.63. The second-order valence-electron chi connectivity index (χ2n) is 4.63. The van der Waals surface area contributed by atoms with Crippen molar-refractivity contribution in [2.24, 2.45) is 0 Å². The van der Waals surface area contributed by atoms with Crippen LogP contribution in [0.1, 0.15) is 5.56 Å². The fraction of sp³-hybridized carbons (Fsp3) is 0.462. The van der Waals surface area contributed by atoms with E-state index in [-0.39, 0.29) is 5.72 Å². The Kier molecular flexibility index (Phi) is 2.93. The van der Waals surface area contributed by atoms with Gasteiger partial charge < -0.3 is 14.8 Å². The number of ether oxygens (including phenoxy) is 2. The van der Waals surface area contributed by atoms with Gasteiger partial charge in [0.15, 0.2) is 5.72 Å². The van der Waals surface area contributed by atoms with E-state index in [0.29, 0.717) is 13.2 Å². The molecule has 0 radical (unpaired) electrons. The van der Waals surface area contributed by atoms with Gasteiger partial charge in [-0.15, -0.1) is 0 Å². The van der Waals surface area contributed by atoms with Crippen molar-refractivity contribution in [3.05, 3.63) is 35.9 Å². The summed E-state index contributed by atoms with van der Waals surface area (Å²) < 4.78 is 10.7. The minimum atomic E-state index is -0.393. The minimum Gasteiger partial charge on any atom is -0.445 e. The molecule has 18 heavy (non-hydrogen) atoms. The highest BCUT2D eigenvalue weighted by Gasteiger charge is 2.57. The Balaban J connectivity index is 1.40. The van der Waals surface area contributed by atoms with Gasteiger partial charge >= 0.3 is 6.09 Å². The zero-order chi connectivity index (χ0) is 12.4. The zero-order valence-electron chi connectivity index (χ0n) is 10.1. The number of alkyl carbamates (subject to hydrolysis) is 1. The molecule has 0 saturated carbocycles. The highest BCUT2D eigenvalue weighted by atomic mass is 16.6. The number of carbonyl (C=O) groups is 1. The van der Waals surface area contributed by atoms with E-state index in [1.54, 1.807) is 0 Å². The second kappa shape index (κ2) is 4.59. The maximum Gasteiger partial charge on any atom is 0.407 e. The van der Waals surface area contributed by atoms with Crippen LogP contribution < -0.4 is 5.32 Å². The van der Waals surface area contributed by atoms with Crippen molar-refractivity contribution in [3.63, 3.8) is 0 Å². The molecule has 0 bridgehead atoms. The third-order valence-electron chi connectivity index (χ3n) is 3.36. The lowest BCUT2D eigenvalue weighted by molar-refractivity contribution is 0.0574. The predicted molar refractivity (Wildman–Crippen MR) is 64.9 cm³/mol. The van der Waals surface area contributed by atoms with E-state index < -0.39 is 6.09 Å². The Bertz CT molecular complexity index is 437. The monoisotopic (exact) mass is 248 g/mol. The molecular formula is C13H16N2O3. The topological polar surface area (TPSA) is 50.6 Å². The molecule has 2 atom stereocenters. The number of hydrogen-bond donors (Lipinski definition) is 1. The van der Waals surface area contributed by atoms with Crippen LogP contribution in [0.25, 0.3) is 0 Å². The third-order valence-corrected chi connectivity index (χ3v) is 3.36. The summed E-state index contributed by atoms with van der Waals surface area (Å²) in [5.74, 6) is 0. The molecule has 0 aromatic heterocycles. The Labute approximate surface area is 106 Å². The summed E-state index contributed by atoms with van der Waals surface area (Å²) in [5, 5.41) is 2.75. The molecule has 2 unspecified atom stereocenters. The predicted octanol–water partition coefficient (Wildman–Crippen LogP) is 0.955. The smallest absolute Gasteiger partial charge is 0.407 e. The SMILES string of the molecule is O=C(NCC12CN1CCO2)OCc1ccccc1. The van der Waals surface area contributed by atoms with Crippen LogP contribution in [0.2, 0.25) is 0 Å². The van der Waals surface area contributed by atoms with E-state index >= 15 is 0 Å². The van der Waals surface area contributed by atoms with Gasteiger partial charge in [0.1, 0.15) is 6.61 Å². The molecule has 2 fully saturated rings. The van der Waals surface area contributed by atoms with Crippen molar-refractivity contribution in [1.29, 1.82) is 0 Å². The average Bonchev–Trinajstić information content (AvgIpc) is 2.96. The number of morpholine rings is 1. The van der Waals surface area contributed by atoms with Gasteiger partial charge in [-0.3, -0.25) is 4.90 Å². The van der Waals surface area contributed by atoms with E-state index in [9.17, 15) is 4.79 Å². The minimum absolute atomic E-state index is 0.230. The van der Waals surface area contributed by atoms with Crippen LogP contribution >= 0.6 is 0 Å². The molecule has 3 rings (SSSR count). The molecule has 2 saturated heterocycles. The molecule has 5 nitrogen and oxygen atoms in total. The van der Waals surface area contributed by atoms with Gasteiger partial charge in [-0.1, -0.05) is 30.3 Å². The van der Waals surface area contributed by atoms with Gasteiger partial charge in [0.25, 0.3) is 0 Å². The molecule has 1 N–H and O–H groups in total. The normalized spacial score (nSPS) is 28.6. The zero-order valence-corrected chi connectivity index (χ0v) is 10.1. The summed E-state index contributed by atoms with van der Waals surface area (Å²) in [5.41, 5.74) is 0.752. The Morgan fingerprint density at radius 3 is 2.94 bits per heavy atom. The number of nitrogens with zero attached hydrogens (tertiary/aromatic N) is 1. The number of amides is 1. The molecule has 1 amide bonds. The Hall–Kier alpha value is -1.59. The lowest BCUT2D eigenvalue weighted by Crippen LogP contribution is -2.36. The van der Waals surface area contributed by atoms with Crippen LogP contribution in [0.15, 0.2) is 30.3 Å². The van der Waals surface area contributed by atoms with E-state index in [4.69, 9.17) is 9.47 Å². The van der Waals surface area contributed by atoms with Gasteiger partial charge in [0.2, 0.25) is 0 Å². The average molecular weight is 248 g/mol. The maximum absolute atomic E-state index is 11.5. The van der Waals surface area contributed by atoms with E-state index in [1.807, 2.05) is 30.3 Å². The maximum atomic E-state index is 11.5. The van der Waals surface area contributed by atoms with E-state index in [2.05, 4.69) is 10.2 Å². The van der Waals surface area contributed by atoms with Crippen molar-refractivity contribution < 1.29 is 14.3 Å². The molecule has 2 heterocycles.